The van der Waals surface area contributed by atoms with Gasteiger partial charge in [-0.2, -0.15) is 5.10 Å². The number of aromatic nitrogens is 3. The minimum atomic E-state index is -0.112. The van der Waals surface area contributed by atoms with Crippen LogP contribution in [0, 0.1) is 6.92 Å². The molecule has 2 heterocycles. The number of carbonyl (C=O) groups is 2. The normalized spacial score (nSPS) is 14.0. The summed E-state index contributed by atoms with van der Waals surface area (Å²) in [5.41, 5.74) is 3.82. The number of H-pyrrole nitrogens is 1. The van der Waals surface area contributed by atoms with E-state index in [-0.39, 0.29) is 11.7 Å². The Morgan fingerprint density at radius 2 is 2.22 bits per heavy atom. The number of ketones is 1. The summed E-state index contributed by atoms with van der Waals surface area (Å²) in [6.45, 7) is 5.16. The molecular weight excluding hydrogens is 292 g/mol. The van der Waals surface area contributed by atoms with Gasteiger partial charge in [0.25, 0.3) is 5.91 Å². The molecule has 0 saturated carbocycles. The molecule has 23 heavy (non-hydrogen) atoms. The Balaban J connectivity index is 1.85. The molecule has 0 radical (unpaired) electrons. The molecule has 0 aromatic carbocycles. The summed E-state index contributed by atoms with van der Waals surface area (Å²) >= 11 is 0. The fourth-order valence-corrected chi connectivity index (χ4v) is 3.20. The van der Waals surface area contributed by atoms with Gasteiger partial charge in [0.2, 0.25) is 0 Å². The number of hydrogen-bond donors (Lipinski definition) is 1. The van der Waals surface area contributed by atoms with Gasteiger partial charge in [-0.15, -0.1) is 0 Å². The van der Waals surface area contributed by atoms with Gasteiger partial charge in [0.15, 0.2) is 5.78 Å². The van der Waals surface area contributed by atoms with Gasteiger partial charge in [-0.25, -0.2) is 0 Å². The monoisotopic (exact) mass is 314 g/mol. The van der Waals surface area contributed by atoms with Crippen LogP contribution in [0.4, 0.5) is 0 Å². The second kappa shape index (κ2) is 6.02. The largest absolute Gasteiger partial charge is 0.361 e. The van der Waals surface area contributed by atoms with Crippen LogP contribution in [-0.2, 0) is 19.5 Å². The highest BCUT2D eigenvalue weighted by atomic mass is 16.2. The lowest BCUT2D eigenvalue weighted by Gasteiger charge is -2.18. The minimum Gasteiger partial charge on any atom is -0.361 e. The quantitative estimate of drug-likeness (QED) is 0.941. The van der Waals surface area contributed by atoms with Crippen molar-refractivity contribution in [1.82, 2.24) is 19.7 Å². The van der Waals surface area contributed by atoms with Crippen molar-refractivity contribution in [2.24, 2.45) is 0 Å². The third kappa shape index (κ3) is 2.81. The van der Waals surface area contributed by atoms with Gasteiger partial charge < -0.3 is 9.88 Å². The van der Waals surface area contributed by atoms with Crippen LogP contribution in [0.25, 0.3) is 0 Å². The molecule has 0 saturated heterocycles. The molecule has 122 valence electrons. The number of aromatic amines is 1. The van der Waals surface area contributed by atoms with Gasteiger partial charge in [-0.1, -0.05) is 0 Å². The fourth-order valence-electron chi connectivity index (χ4n) is 3.20. The van der Waals surface area contributed by atoms with Crippen molar-refractivity contribution in [3.8, 4) is 0 Å². The van der Waals surface area contributed by atoms with Crippen molar-refractivity contribution in [2.45, 2.75) is 46.2 Å². The zero-order chi connectivity index (χ0) is 16.6. The van der Waals surface area contributed by atoms with Gasteiger partial charge in [0, 0.05) is 49.7 Å². The number of Topliss-reactive ketones (excluding diaryl/α,β-unsaturated/α-hetero) is 1. The summed E-state index contributed by atoms with van der Waals surface area (Å²) in [6, 6.07) is 0. The molecule has 0 bridgehead atoms. The number of rotatable bonds is 4. The lowest BCUT2D eigenvalue weighted by molar-refractivity contribution is 0.0778. The van der Waals surface area contributed by atoms with Crippen LogP contribution in [-0.4, -0.2) is 38.4 Å². The van der Waals surface area contributed by atoms with Crippen molar-refractivity contribution in [3.63, 3.8) is 0 Å². The Labute approximate surface area is 135 Å². The summed E-state index contributed by atoms with van der Waals surface area (Å²) in [5, 5.41) is 4.23. The first-order chi connectivity index (χ1) is 11.0. The fraction of sp³-hybridized carbons (Fsp3) is 0.471. The molecule has 6 nitrogen and oxygen atoms in total. The first-order valence-electron chi connectivity index (χ1n) is 8.02. The van der Waals surface area contributed by atoms with Gasteiger partial charge in [0.05, 0.1) is 17.3 Å². The smallest absolute Gasteiger partial charge is 0.256 e. The van der Waals surface area contributed by atoms with Crippen LogP contribution >= 0.6 is 0 Å². The van der Waals surface area contributed by atoms with Crippen molar-refractivity contribution in [2.75, 3.05) is 7.05 Å². The molecule has 1 amide bonds. The minimum absolute atomic E-state index is 0.0751. The Morgan fingerprint density at radius 1 is 1.43 bits per heavy atom. The summed E-state index contributed by atoms with van der Waals surface area (Å²) in [7, 11) is 1.76. The van der Waals surface area contributed by atoms with Crippen molar-refractivity contribution >= 4 is 11.7 Å². The van der Waals surface area contributed by atoms with E-state index in [0.29, 0.717) is 24.1 Å². The SMILES string of the molecule is CCn1cc(CN(C)C(=O)c2c(C)[nH]c3c2C(=O)CCC3)cn1. The van der Waals surface area contributed by atoms with Crippen LogP contribution in [0.5, 0.6) is 0 Å². The van der Waals surface area contributed by atoms with Gasteiger partial charge in [0.1, 0.15) is 0 Å². The molecule has 2 aromatic rings. The average molecular weight is 314 g/mol. The van der Waals surface area contributed by atoms with Crippen molar-refractivity contribution in [1.29, 1.82) is 0 Å². The van der Waals surface area contributed by atoms with Gasteiger partial charge in [-0.3, -0.25) is 14.3 Å². The average Bonchev–Trinajstić information content (AvgIpc) is 3.10. The first kappa shape index (κ1) is 15.5. The number of carbonyl (C=O) groups excluding carboxylic acids is 2. The van der Waals surface area contributed by atoms with E-state index in [1.807, 2.05) is 24.7 Å². The topological polar surface area (TPSA) is 71.0 Å². The maximum absolute atomic E-state index is 12.9. The molecule has 0 unspecified atom stereocenters. The zero-order valence-electron chi connectivity index (χ0n) is 13.8. The van der Waals surface area contributed by atoms with E-state index in [1.165, 1.54) is 0 Å². The van der Waals surface area contributed by atoms with E-state index in [9.17, 15) is 9.59 Å². The highest BCUT2D eigenvalue weighted by Gasteiger charge is 2.29. The molecular formula is C17H22N4O2. The number of aryl methyl sites for hydroxylation is 3. The number of fused-ring (bicyclic) bond motifs is 1. The Bertz CT molecular complexity index is 757. The third-order valence-corrected chi connectivity index (χ3v) is 4.37. The number of nitrogens with zero attached hydrogens (tertiary/aromatic N) is 3. The summed E-state index contributed by atoms with van der Waals surface area (Å²) in [4.78, 5) is 30.0. The highest BCUT2D eigenvalue weighted by molar-refractivity contribution is 6.10. The van der Waals surface area contributed by atoms with Crippen LogP contribution in [0.1, 0.15) is 57.4 Å². The maximum atomic E-state index is 12.9. The molecule has 0 aliphatic heterocycles. The second-order valence-electron chi connectivity index (χ2n) is 6.12. The molecule has 0 spiro atoms. The van der Waals surface area contributed by atoms with E-state index in [2.05, 4.69) is 10.1 Å². The molecule has 1 aliphatic carbocycles. The summed E-state index contributed by atoms with van der Waals surface area (Å²) in [6.07, 6.45) is 5.93. The van der Waals surface area contributed by atoms with Gasteiger partial charge >= 0.3 is 0 Å². The van der Waals surface area contributed by atoms with E-state index in [0.717, 1.165) is 36.3 Å². The molecule has 3 rings (SSSR count). The predicted molar refractivity (Wildman–Crippen MR) is 86.5 cm³/mol. The predicted octanol–water partition coefficient (Wildman–Crippen LogP) is 2.33. The molecule has 0 atom stereocenters. The zero-order valence-corrected chi connectivity index (χ0v) is 13.8. The Morgan fingerprint density at radius 3 is 2.91 bits per heavy atom. The van der Waals surface area contributed by atoms with E-state index in [4.69, 9.17) is 0 Å². The van der Waals surface area contributed by atoms with E-state index < -0.39 is 0 Å². The lowest BCUT2D eigenvalue weighted by Crippen LogP contribution is -2.28. The van der Waals surface area contributed by atoms with Crippen LogP contribution in [0.15, 0.2) is 12.4 Å². The van der Waals surface area contributed by atoms with Crippen molar-refractivity contribution in [3.05, 3.63) is 40.5 Å². The molecule has 1 N–H and O–H groups in total. The Kier molecular flexibility index (Phi) is 4.07. The highest BCUT2D eigenvalue weighted by Crippen LogP contribution is 2.27. The first-order valence-corrected chi connectivity index (χ1v) is 8.02. The standard InChI is InChI=1S/C17H22N4O2/c1-4-21-10-12(8-18-21)9-20(3)17(23)15-11(2)19-13-6-5-7-14(22)16(13)15/h8,10,19H,4-7,9H2,1-3H3. The van der Waals surface area contributed by atoms with Crippen LogP contribution in [0.2, 0.25) is 0 Å². The maximum Gasteiger partial charge on any atom is 0.256 e. The number of hydrogen-bond acceptors (Lipinski definition) is 3. The molecule has 1 aliphatic rings. The van der Waals surface area contributed by atoms with Crippen LogP contribution in [0.3, 0.4) is 0 Å². The van der Waals surface area contributed by atoms with Gasteiger partial charge in [-0.05, 0) is 26.7 Å². The molecule has 0 fully saturated rings. The van der Waals surface area contributed by atoms with E-state index in [1.54, 1.807) is 18.1 Å². The number of amides is 1. The second-order valence-corrected chi connectivity index (χ2v) is 6.12. The molecule has 2 aromatic heterocycles. The van der Waals surface area contributed by atoms with Crippen molar-refractivity contribution < 1.29 is 9.59 Å². The number of nitrogens with one attached hydrogen (secondary N) is 1. The molecule has 6 heteroatoms. The van der Waals surface area contributed by atoms with E-state index >= 15 is 0 Å². The summed E-state index contributed by atoms with van der Waals surface area (Å²) in [5.74, 6) is -0.0364. The summed E-state index contributed by atoms with van der Waals surface area (Å²) < 4.78 is 1.83. The third-order valence-electron chi connectivity index (χ3n) is 4.37. The Hall–Kier alpha value is -2.37. The van der Waals surface area contributed by atoms with Crippen LogP contribution < -0.4 is 0 Å². The lowest BCUT2D eigenvalue weighted by atomic mass is 9.93.